The van der Waals surface area contributed by atoms with Crippen LogP contribution >= 0.6 is 0 Å². The van der Waals surface area contributed by atoms with Gasteiger partial charge in [0, 0.05) is 18.7 Å². The van der Waals surface area contributed by atoms with Crippen LogP contribution in [0.5, 0.6) is 0 Å². The number of hydrogen-bond donors (Lipinski definition) is 2. The van der Waals surface area contributed by atoms with Crippen molar-refractivity contribution in [3.05, 3.63) is 17.5 Å². The van der Waals surface area contributed by atoms with Crippen LogP contribution in [0.1, 0.15) is 37.6 Å². The van der Waals surface area contributed by atoms with Crippen molar-refractivity contribution in [2.75, 3.05) is 6.54 Å². The Balaban J connectivity index is 2.67. The number of carboxylic acid groups (broad SMARTS) is 1. The summed E-state index contributed by atoms with van der Waals surface area (Å²) >= 11 is 0. The van der Waals surface area contributed by atoms with Crippen LogP contribution in [-0.4, -0.2) is 27.4 Å². The van der Waals surface area contributed by atoms with Crippen molar-refractivity contribution in [1.29, 1.82) is 0 Å². The summed E-state index contributed by atoms with van der Waals surface area (Å²) in [7, 11) is 0. The minimum Gasteiger partial charge on any atom is -0.481 e. The Kier molecular flexibility index (Phi) is 5.85. The number of carboxylic acids is 1. The highest BCUT2D eigenvalue weighted by molar-refractivity contribution is 5.70. The number of carbonyl (C=O) groups is 1. The fraction of sp³-hybridized carbons (Fsp3) is 0.692. The van der Waals surface area contributed by atoms with Crippen LogP contribution in [0.15, 0.2) is 6.07 Å². The van der Waals surface area contributed by atoms with Crippen molar-refractivity contribution in [2.24, 2.45) is 11.7 Å². The lowest BCUT2D eigenvalue weighted by molar-refractivity contribution is -0.142. The van der Waals surface area contributed by atoms with E-state index in [-0.39, 0.29) is 5.92 Å². The van der Waals surface area contributed by atoms with Crippen molar-refractivity contribution in [3.8, 4) is 0 Å². The highest BCUT2D eigenvalue weighted by Crippen LogP contribution is 2.16. The van der Waals surface area contributed by atoms with Gasteiger partial charge in [-0.2, -0.15) is 5.10 Å². The molecule has 0 amide bonds. The Morgan fingerprint density at radius 3 is 2.83 bits per heavy atom. The van der Waals surface area contributed by atoms with Crippen LogP contribution in [0, 0.1) is 12.8 Å². The van der Waals surface area contributed by atoms with Crippen LogP contribution in [0.3, 0.4) is 0 Å². The molecule has 1 heterocycles. The Bertz CT molecular complexity index is 388. The van der Waals surface area contributed by atoms with Gasteiger partial charge in [0.1, 0.15) is 0 Å². The molecule has 0 aliphatic heterocycles. The van der Waals surface area contributed by atoms with Crippen LogP contribution in [0.4, 0.5) is 0 Å². The molecule has 0 saturated heterocycles. The molecule has 0 spiro atoms. The number of rotatable bonds is 8. The first-order valence-corrected chi connectivity index (χ1v) is 6.54. The van der Waals surface area contributed by atoms with Crippen LogP contribution in [0.25, 0.3) is 0 Å². The molecule has 1 rings (SSSR count). The molecule has 102 valence electrons. The van der Waals surface area contributed by atoms with Gasteiger partial charge in [0.05, 0.1) is 11.6 Å². The molecule has 0 aliphatic rings. The standard InChI is InChI=1S/C13H23N3O2/c1-3-16-12(8-10(2)15-16)9-11(13(17)18)6-4-5-7-14/h8,11H,3-7,9,14H2,1-2H3,(H,17,18). The van der Waals surface area contributed by atoms with E-state index in [1.807, 2.05) is 24.6 Å². The van der Waals surface area contributed by atoms with Gasteiger partial charge in [-0.05, 0) is 39.3 Å². The Labute approximate surface area is 108 Å². The Morgan fingerprint density at radius 1 is 1.56 bits per heavy atom. The topological polar surface area (TPSA) is 81.1 Å². The Hall–Kier alpha value is -1.36. The van der Waals surface area contributed by atoms with Gasteiger partial charge in [0.15, 0.2) is 0 Å². The number of aliphatic carboxylic acids is 1. The third kappa shape index (κ3) is 4.14. The number of unbranched alkanes of at least 4 members (excludes halogenated alkanes) is 1. The summed E-state index contributed by atoms with van der Waals surface area (Å²) in [5.41, 5.74) is 7.38. The second-order valence-corrected chi connectivity index (χ2v) is 4.62. The lowest BCUT2D eigenvalue weighted by atomic mass is 9.96. The molecule has 0 fully saturated rings. The van der Waals surface area contributed by atoms with E-state index in [0.717, 1.165) is 30.8 Å². The van der Waals surface area contributed by atoms with Crippen LogP contribution in [0.2, 0.25) is 0 Å². The lowest BCUT2D eigenvalue weighted by Gasteiger charge is -2.12. The van der Waals surface area contributed by atoms with Crippen molar-refractivity contribution in [2.45, 2.75) is 46.1 Å². The minimum atomic E-state index is -0.728. The van der Waals surface area contributed by atoms with Gasteiger partial charge in [-0.15, -0.1) is 0 Å². The van der Waals surface area contributed by atoms with E-state index in [9.17, 15) is 9.90 Å². The second kappa shape index (κ2) is 7.16. The summed E-state index contributed by atoms with van der Waals surface area (Å²) < 4.78 is 1.88. The molecule has 1 atom stereocenters. The molecule has 5 nitrogen and oxygen atoms in total. The quantitative estimate of drug-likeness (QED) is 0.689. The van der Waals surface area contributed by atoms with Gasteiger partial charge in [-0.1, -0.05) is 6.42 Å². The summed E-state index contributed by atoms with van der Waals surface area (Å²) in [6, 6.07) is 1.97. The van der Waals surface area contributed by atoms with Crippen molar-refractivity contribution in [3.63, 3.8) is 0 Å². The maximum atomic E-state index is 11.2. The molecule has 1 aromatic rings. The molecule has 0 aliphatic carbocycles. The van der Waals surface area contributed by atoms with E-state index in [0.29, 0.717) is 19.4 Å². The summed E-state index contributed by atoms with van der Waals surface area (Å²) in [5.74, 6) is -1.06. The zero-order valence-corrected chi connectivity index (χ0v) is 11.2. The molecule has 1 unspecified atom stereocenters. The first-order chi connectivity index (χ1) is 8.58. The maximum Gasteiger partial charge on any atom is 0.306 e. The first kappa shape index (κ1) is 14.7. The molecule has 5 heteroatoms. The highest BCUT2D eigenvalue weighted by atomic mass is 16.4. The zero-order chi connectivity index (χ0) is 13.5. The SMILES string of the molecule is CCn1nc(C)cc1CC(CCCCN)C(=O)O. The highest BCUT2D eigenvalue weighted by Gasteiger charge is 2.19. The average molecular weight is 253 g/mol. The third-order valence-electron chi connectivity index (χ3n) is 3.10. The monoisotopic (exact) mass is 253 g/mol. The normalized spacial score (nSPS) is 12.6. The molecule has 0 saturated carbocycles. The number of hydrogen-bond acceptors (Lipinski definition) is 3. The molecular weight excluding hydrogens is 230 g/mol. The van der Waals surface area contributed by atoms with E-state index < -0.39 is 5.97 Å². The van der Waals surface area contributed by atoms with Crippen LogP contribution in [-0.2, 0) is 17.8 Å². The van der Waals surface area contributed by atoms with E-state index in [1.165, 1.54) is 0 Å². The molecule has 18 heavy (non-hydrogen) atoms. The number of nitrogens with two attached hydrogens (primary N) is 1. The van der Waals surface area contributed by atoms with E-state index >= 15 is 0 Å². The van der Waals surface area contributed by atoms with E-state index in [1.54, 1.807) is 0 Å². The number of nitrogens with zero attached hydrogens (tertiary/aromatic N) is 2. The third-order valence-corrected chi connectivity index (χ3v) is 3.10. The average Bonchev–Trinajstić information content (AvgIpc) is 2.68. The van der Waals surface area contributed by atoms with Crippen molar-refractivity contribution in [1.82, 2.24) is 9.78 Å². The first-order valence-electron chi connectivity index (χ1n) is 6.54. The summed E-state index contributed by atoms with van der Waals surface area (Å²) in [4.78, 5) is 11.2. The largest absolute Gasteiger partial charge is 0.481 e. The lowest BCUT2D eigenvalue weighted by Crippen LogP contribution is -2.19. The molecule has 0 radical (unpaired) electrons. The number of aromatic nitrogens is 2. The smallest absolute Gasteiger partial charge is 0.306 e. The molecule has 0 bridgehead atoms. The van der Waals surface area contributed by atoms with E-state index in [2.05, 4.69) is 5.10 Å². The molecule has 3 N–H and O–H groups in total. The summed E-state index contributed by atoms with van der Waals surface area (Å²) in [6.07, 6.45) is 2.98. The zero-order valence-electron chi connectivity index (χ0n) is 11.2. The van der Waals surface area contributed by atoms with Gasteiger partial charge < -0.3 is 10.8 Å². The van der Waals surface area contributed by atoms with Gasteiger partial charge in [0.2, 0.25) is 0 Å². The fourth-order valence-electron chi connectivity index (χ4n) is 2.14. The summed E-state index contributed by atoms with van der Waals surface area (Å²) in [5, 5.41) is 13.6. The predicted octanol–water partition coefficient (Wildman–Crippen LogP) is 1.58. The van der Waals surface area contributed by atoms with Gasteiger partial charge in [0.25, 0.3) is 0 Å². The van der Waals surface area contributed by atoms with Crippen LogP contribution < -0.4 is 5.73 Å². The minimum absolute atomic E-state index is 0.335. The fourth-order valence-corrected chi connectivity index (χ4v) is 2.14. The molecule has 1 aromatic heterocycles. The predicted molar refractivity (Wildman–Crippen MR) is 70.4 cm³/mol. The molecule has 0 aromatic carbocycles. The van der Waals surface area contributed by atoms with Crippen molar-refractivity contribution >= 4 is 5.97 Å². The van der Waals surface area contributed by atoms with Gasteiger partial charge >= 0.3 is 5.97 Å². The van der Waals surface area contributed by atoms with E-state index in [4.69, 9.17) is 5.73 Å². The van der Waals surface area contributed by atoms with Crippen molar-refractivity contribution < 1.29 is 9.90 Å². The summed E-state index contributed by atoms with van der Waals surface area (Å²) in [6.45, 7) is 5.34. The maximum absolute atomic E-state index is 11.2. The second-order valence-electron chi connectivity index (χ2n) is 4.62. The molecular formula is C13H23N3O2. The Morgan fingerprint density at radius 2 is 2.28 bits per heavy atom. The van der Waals surface area contributed by atoms with Gasteiger partial charge in [-0.3, -0.25) is 9.48 Å². The van der Waals surface area contributed by atoms with Gasteiger partial charge in [-0.25, -0.2) is 0 Å². The number of aryl methyl sites for hydroxylation is 2.